The molecule has 0 heterocycles. The van der Waals surface area contributed by atoms with Crippen molar-refractivity contribution in [2.24, 2.45) is 0 Å². The highest BCUT2D eigenvalue weighted by Gasteiger charge is 2.15. The van der Waals surface area contributed by atoms with Crippen LogP contribution in [0.5, 0.6) is 0 Å². The molecule has 0 spiro atoms. The van der Waals surface area contributed by atoms with E-state index in [1.807, 2.05) is 5.32 Å². The van der Waals surface area contributed by atoms with Crippen molar-refractivity contribution in [1.82, 2.24) is 5.32 Å². The molecule has 0 aliphatic carbocycles. The van der Waals surface area contributed by atoms with Gasteiger partial charge in [-0.05, 0) is 6.07 Å². The Labute approximate surface area is 116 Å². The van der Waals surface area contributed by atoms with Gasteiger partial charge in [0.25, 0.3) is 0 Å². The van der Waals surface area contributed by atoms with E-state index in [2.05, 4.69) is 0 Å². The molecule has 0 aromatic heterocycles. The van der Waals surface area contributed by atoms with Crippen molar-refractivity contribution in [3.8, 4) is 0 Å². The Kier molecular flexibility index (Phi) is 5.39. The third-order valence-electron chi connectivity index (χ3n) is 2.06. The lowest BCUT2D eigenvalue weighted by molar-refractivity contribution is -0.138. The Balaban J connectivity index is 2.63. The van der Waals surface area contributed by atoms with Gasteiger partial charge < -0.3 is 10.4 Å². The topological polar surface area (TPSA) is 95.5 Å². The van der Waals surface area contributed by atoms with Crippen LogP contribution in [0.15, 0.2) is 12.1 Å². The third-order valence-corrected chi connectivity index (χ3v) is 2.36. The van der Waals surface area contributed by atoms with Gasteiger partial charge in [0.1, 0.15) is 5.82 Å². The molecule has 9 heteroatoms. The van der Waals surface area contributed by atoms with Crippen LogP contribution in [0.4, 0.5) is 19.3 Å². The minimum atomic E-state index is -1.20. The predicted octanol–water partition coefficient (Wildman–Crippen LogP) is 2.13. The Morgan fingerprint density at radius 1 is 1.20 bits per heavy atom. The maximum Gasteiger partial charge on any atom is 0.326 e. The zero-order valence-corrected chi connectivity index (χ0v) is 10.6. The first-order chi connectivity index (χ1) is 9.29. The van der Waals surface area contributed by atoms with Crippen LogP contribution < -0.4 is 10.6 Å². The third kappa shape index (κ3) is 4.81. The number of carbonyl (C=O) groups is 3. The molecule has 1 aromatic rings. The van der Waals surface area contributed by atoms with Gasteiger partial charge in [-0.3, -0.25) is 14.9 Å². The first kappa shape index (κ1) is 15.8. The molecule has 0 saturated heterocycles. The standard InChI is InChI=1S/C11H9ClF2N2O4/c12-6-3-5(13)4-7(14)10(6)16-11(20)15-8(17)1-2-9(18)19/h3-4H,1-2H2,(H,18,19)(H2,15,16,17,20). The van der Waals surface area contributed by atoms with E-state index < -0.39 is 48.1 Å². The van der Waals surface area contributed by atoms with Crippen molar-refractivity contribution < 1.29 is 28.3 Å². The summed E-state index contributed by atoms with van der Waals surface area (Å²) in [6.45, 7) is 0. The maximum atomic E-state index is 13.3. The average molecular weight is 307 g/mol. The molecular weight excluding hydrogens is 298 g/mol. The lowest BCUT2D eigenvalue weighted by Crippen LogP contribution is -2.34. The van der Waals surface area contributed by atoms with Crippen LogP contribution in [-0.2, 0) is 9.59 Å². The fourth-order valence-corrected chi connectivity index (χ4v) is 1.46. The molecule has 1 rings (SSSR count). The van der Waals surface area contributed by atoms with E-state index in [0.717, 1.165) is 6.07 Å². The first-order valence-electron chi connectivity index (χ1n) is 5.26. The number of rotatable bonds is 4. The Hall–Kier alpha value is -2.22. The number of carbonyl (C=O) groups excluding carboxylic acids is 2. The minimum absolute atomic E-state index is 0.379. The number of aliphatic carboxylic acids is 1. The summed E-state index contributed by atoms with van der Waals surface area (Å²) in [6, 6.07) is 0.188. The fraction of sp³-hybridized carbons (Fsp3) is 0.182. The monoisotopic (exact) mass is 306 g/mol. The molecule has 0 radical (unpaired) electrons. The number of carboxylic acids is 1. The molecular formula is C11H9ClF2N2O4. The summed E-state index contributed by atoms with van der Waals surface area (Å²) in [5.74, 6) is -4.09. The molecule has 0 atom stereocenters. The molecule has 0 fully saturated rings. The SMILES string of the molecule is O=C(O)CCC(=O)NC(=O)Nc1c(F)cc(F)cc1Cl. The van der Waals surface area contributed by atoms with Crippen LogP contribution >= 0.6 is 11.6 Å². The average Bonchev–Trinajstić information content (AvgIpc) is 2.31. The minimum Gasteiger partial charge on any atom is -0.481 e. The molecule has 0 bridgehead atoms. The molecule has 0 unspecified atom stereocenters. The molecule has 0 saturated carbocycles. The first-order valence-corrected chi connectivity index (χ1v) is 5.64. The molecule has 108 valence electrons. The highest BCUT2D eigenvalue weighted by Crippen LogP contribution is 2.26. The predicted molar refractivity (Wildman–Crippen MR) is 65.4 cm³/mol. The van der Waals surface area contributed by atoms with Crippen molar-refractivity contribution in [1.29, 1.82) is 0 Å². The van der Waals surface area contributed by atoms with Crippen LogP contribution in [0.2, 0.25) is 5.02 Å². The van der Waals surface area contributed by atoms with Crippen LogP contribution in [0.3, 0.4) is 0 Å². The van der Waals surface area contributed by atoms with Gasteiger partial charge in [-0.25, -0.2) is 13.6 Å². The zero-order chi connectivity index (χ0) is 15.3. The van der Waals surface area contributed by atoms with E-state index in [1.54, 1.807) is 5.32 Å². The molecule has 0 aliphatic heterocycles. The van der Waals surface area contributed by atoms with E-state index in [-0.39, 0.29) is 5.02 Å². The van der Waals surface area contributed by atoms with Gasteiger partial charge >= 0.3 is 12.0 Å². The van der Waals surface area contributed by atoms with Crippen molar-refractivity contribution >= 4 is 35.2 Å². The number of benzene rings is 1. The normalized spacial score (nSPS) is 9.95. The van der Waals surface area contributed by atoms with Crippen molar-refractivity contribution in [3.05, 3.63) is 28.8 Å². The van der Waals surface area contributed by atoms with Gasteiger partial charge in [0.2, 0.25) is 5.91 Å². The quantitative estimate of drug-likeness (QED) is 0.794. The number of imide groups is 1. The van der Waals surface area contributed by atoms with E-state index in [9.17, 15) is 23.2 Å². The summed E-state index contributed by atoms with van der Waals surface area (Å²) in [5, 5.41) is 11.7. The number of urea groups is 1. The van der Waals surface area contributed by atoms with Gasteiger partial charge in [-0.15, -0.1) is 0 Å². The van der Waals surface area contributed by atoms with E-state index in [4.69, 9.17) is 16.7 Å². The number of nitrogens with one attached hydrogen (secondary N) is 2. The number of carboxylic acid groups (broad SMARTS) is 1. The summed E-state index contributed by atoms with van der Waals surface area (Å²) in [4.78, 5) is 32.7. The van der Waals surface area contributed by atoms with E-state index in [0.29, 0.717) is 6.07 Å². The number of amides is 3. The molecule has 0 aliphatic rings. The van der Waals surface area contributed by atoms with Crippen LogP contribution in [0, 0.1) is 11.6 Å². The number of anilines is 1. The second-order valence-corrected chi connectivity index (χ2v) is 4.05. The number of hydrogen-bond donors (Lipinski definition) is 3. The molecule has 6 nitrogen and oxygen atoms in total. The van der Waals surface area contributed by atoms with Gasteiger partial charge in [0, 0.05) is 12.5 Å². The van der Waals surface area contributed by atoms with Crippen molar-refractivity contribution in [2.45, 2.75) is 12.8 Å². The van der Waals surface area contributed by atoms with E-state index >= 15 is 0 Å². The summed E-state index contributed by atoms with van der Waals surface area (Å²) >= 11 is 5.53. The van der Waals surface area contributed by atoms with Crippen LogP contribution in [0.25, 0.3) is 0 Å². The van der Waals surface area contributed by atoms with E-state index in [1.165, 1.54) is 0 Å². The Morgan fingerprint density at radius 3 is 2.40 bits per heavy atom. The Morgan fingerprint density at radius 2 is 1.85 bits per heavy atom. The van der Waals surface area contributed by atoms with Gasteiger partial charge in [-0.1, -0.05) is 11.6 Å². The lowest BCUT2D eigenvalue weighted by atomic mass is 10.3. The highest BCUT2D eigenvalue weighted by atomic mass is 35.5. The summed E-state index contributed by atoms with van der Waals surface area (Å²) in [6.07, 6.45) is -0.868. The van der Waals surface area contributed by atoms with Gasteiger partial charge in [0.15, 0.2) is 5.82 Å². The second kappa shape index (κ2) is 6.80. The lowest BCUT2D eigenvalue weighted by Gasteiger charge is -2.09. The number of halogens is 3. The van der Waals surface area contributed by atoms with Crippen molar-refractivity contribution in [2.75, 3.05) is 5.32 Å². The largest absolute Gasteiger partial charge is 0.481 e. The molecule has 20 heavy (non-hydrogen) atoms. The van der Waals surface area contributed by atoms with Gasteiger partial charge in [0.05, 0.1) is 17.1 Å². The molecule has 3 amide bonds. The molecule has 1 aromatic carbocycles. The van der Waals surface area contributed by atoms with Crippen LogP contribution in [-0.4, -0.2) is 23.0 Å². The smallest absolute Gasteiger partial charge is 0.326 e. The highest BCUT2D eigenvalue weighted by molar-refractivity contribution is 6.33. The summed E-state index contributed by atoms with van der Waals surface area (Å²) in [5.41, 5.74) is -0.489. The number of hydrogen-bond acceptors (Lipinski definition) is 3. The van der Waals surface area contributed by atoms with Crippen LogP contribution in [0.1, 0.15) is 12.8 Å². The van der Waals surface area contributed by atoms with Gasteiger partial charge in [-0.2, -0.15) is 0 Å². The fourth-order valence-electron chi connectivity index (χ4n) is 1.22. The Bertz CT molecular complexity index is 542. The van der Waals surface area contributed by atoms with Crippen molar-refractivity contribution in [3.63, 3.8) is 0 Å². The second-order valence-electron chi connectivity index (χ2n) is 3.64. The molecule has 3 N–H and O–H groups in total. The maximum absolute atomic E-state index is 13.3. The summed E-state index contributed by atoms with van der Waals surface area (Å²) < 4.78 is 26.1. The summed E-state index contributed by atoms with van der Waals surface area (Å²) in [7, 11) is 0. The zero-order valence-electron chi connectivity index (χ0n) is 9.87.